The third-order valence-electron chi connectivity index (χ3n) is 3.28. The van der Waals surface area contributed by atoms with Crippen LogP contribution in [0.3, 0.4) is 0 Å². The monoisotopic (exact) mass is 293 g/mol. The number of aromatic nitrogens is 1. The van der Waals surface area contributed by atoms with E-state index in [9.17, 15) is 0 Å². The van der Waals surface area contributed by atoms with E-state index in [1.165, 1.54) is 11.3 Å². The van der Waals surface area contributed by atoms with Crippen LogP contribution < -0.4 is 5.73 Å². The Labute approximate surface area is 127 Å². The molecule has 2 aromatic carbocycles. The molecule has 0 aliphatic rings. The van der Waals surface area contributed by atoms with Gasteiger partial charge >= 0.3 is 0 Å². The van der Waals surface area contributed by atoms with Crippen LogP contribution in [-0.4, -0.2) is 10.7 Å². The van der Waals surface area contributed by atoms with Crippen molar-refractivity contribution in [2.45, 2.75) is 6.92 Å². The van der Waals surface area contributed by atoms with Crippen molar-refractivity contribution in [1.82, 2.24) is 4.98 Å². The first-order valence-corrected chi connectivity index (χ1v) is 7.45. The van der Waals surface area contributed by atoms with Crippen molar-refractivity contribution in [1.29, 1.82) is 5.41 Å². The molecule has 0 bridgehead atoms. The van der Waals surface area contributed by atoms with Crippen LogP contribution in [0.1, 0.15) is 16.3 Å². The van der Waals surface area contributed by atoms with Gasteiger partial charge in [-0.25, -0.2) is 4.98 Å². The van der Waals surface area contributed by atoms with E-state index in [1.807, 2.05) is 49.4 Å². The Bertz CT molecular complexity index is 791. The topological polar surface area (TPSA) is 62.8 Å². The molecule has 3 N–H and O–H groups in total. The van der Waals surface area contributed by atoms with E-state index in [0.717, 1.165) is 21.7 Å². The Balaban J connectivity index is 2.02. The van der Waals surface area contributed by atoms with Crippen molar-refractivity contribution in [3.05, 3.63) is 70.9 Å². The second-order valence-electron chi connectivity index (χ2n) is 4.76. The molecule has 0 spiro atoms. The van der Waals surface area contributed by atoms with Crippen LogP contribution in [0, 0.1) is 12.3 Å². The van der Waals surface area contributed by atoms with E-state index in [1.54, 1.807) is 0 Å². The number of rotatable bonds is 3. The third kappa shape index (κ3) is 2.58. The smallest absolute Gasteiger partial charge is 0.142 e. The van der Waals surface area contributed by atoms with Crippen molar-refractivity contribution in [3.8, 4) is 10.4 Å². The van der Waals surface area contributed by atoms with E-state index >= 15 is 0 Å². The van der Waals surface area contributed by atoms with Gasteiger partial charge in [0.2, 0.25) is 0 Å². The van der Waals surface area contributed by atoms with E-state index in [0.29, 0.717) is 16.4 Å². The summed E-state index contributed by atoms with van der Waals surface area (Å²) in [6, 6.07) is 17.6. The van der Waals surface area contributed by atoms with Crippen molar-refractivity contribution < 1.29 is 0 Å². The number of thiazole rings is 1. The number of nitrogens with two attached hydrogens (primary N) is 1. The fraction of sp³-hybridized carbons (Fsp3) is 0.0588. The Morgan fingerprint density at radius 2 is 1.71 bits per heavy atom. The Hall–Kier alpha value is -2.46. The first-order chi connectivity index (χ1) is 10.2. The van der Waals surface area contributed by atoms with Gasteiger partial charge in [0.15, 0.2) is 0 Å². The fourth-order valence-electron chi connectivity index (χ4n) is 2.20. The van der Waals surface area contributed by atoms with Gasteiger partial charge in [-0.2, -0.15) is 0 Å². The maximum atomic E-state index is 8.35. The largest absolute Gasteiger partial charge is 0.398 e. The molecule has 0 saturated heterocycles. The quantitative estimate of drug-likeness (QED) is 0.563. The summed E-state index contributed by atoms with van der Waals surface area (Å²) in [5.74, 6) is 0. The molecular weight excluding hydrogens is 278 g/mol. The number of anilines is 1. The van der Waals surface area contributed by atoms with Gasteiger partial charge in [-0.15, -0.1) is 11.3 Å². The molecule has 0 fully saturated rings. The fourth-order valence-corrected chi connectivity index (χ4v) is 3.24. The lowest BCUT2D eigenvalue weighted by Gasteiger charge is -2.03. The number of aryl methyl sites for hydroxylation is 1. The maximum absolute atomic E-state index is 8.35. The molecule has 0 saturated carbocycles. The van der Waals surface area contributed by atoms with Gasteiger partial charge < -0.3 is 5.73 Å². The first-order valence-electron chi connectivity index (χ1n) is 6.63. The van der Waals surface area contributed by atoms with E-state index in [2.05, 4.69) is 17.1 Å². The molecule has 21 heavy (non-hydrogen) atoms. The first kappa shape index (κ1) is 13.5. The molecule has 3 nitrogen and oxygen atoms in total. The van der Waals surface area contributed by atoms with Gasteiger partial charge in [-0.1, -0.05) is 48.5 Å². The number of nitrogen functional groups attached to an aromatic ring is 1. The minimum absolute atomic E-state index is 0.378. The molecule has 4 heteroatoms. The molecule has 1 heterocycles. The molecule has 3 rings (SSSR count). The molecule has 0 aliphatic carbocycles. The summed E-state index contributed by atoms with van der Waals surface area (Å²) in [4.78, 5) is 5.64. The van der Waals surface area contributed by atoms with Gasteiger partial charge in [0, 0.05) is 11.3 Å². The Morgan fingerprint density at radius 3 is 2.43 bits per heavy atom. The Kier molecular flexibility index (Phi) is 3.54. The third-order valence-corrected chi connectivity index (χ3v) is 4.50. The van der Waals surface area contributed by atoms with Crippen LogP contribution in [-0.2, 0) is 0 Å². The van der Waals surface area contributed by atoms with Gasteiger partial charge in [-0.05, 0) is 18.6 Å². The molecule has 0 atom stereocenters. The number of nitrogens with zero attached hydrogens (tertiary/aromatic N) is 1. The number of para-hydroxylation sites is 1. The molecule has 0 aliphatic heterocycles. The maximum Gasteiger partial charge on any atom is 0.142 e. The summed E-state index contributed by atoms with van der Waals surface area (Å²) in [5.41, 5.74) is 9.74. The number of benzene rings is 2. The van der Waals surface area contributed by atoms with Crippen molar-refractivity contribution in [3.63, 3.8) is 0 Å². The van der Waals surface area contributed by atoms with Crippen LogP contribution in [0.4, 0.5) is 5.69 Å². The van der Waals surface area contributed by atoms with Crippen LogP contribution in [0.2, 0.25) is 0 Å². The SMILES string of the molecule is Cc1nc(C(=N)c2ccccc2N)sc1-c1ccccc1. The van der Waals surface area contributed by atoms with Gasteiger partial charge in [0.25, 0.3) is 0 Å². The second kappa shape index (κ2) is 5.50. The zero-order chi connectivity index (χ0) is 14.8. The van der Waals surface area contributed by atoms with E-state index in [-0.39, 0.29) is 0 Å². The average molecular weight is 293 g/mol. The van der Waals surface area contributed by atoms with Gasteiger partial charge in [0.1, 0.15) is 5.01 Å². The zero-order valence-electron chi connectivity index (χ0n) is 11.6. The van der Waals surface area contributed by atoms with Crippen LogP contribution in [0.15, 0.2) is 54.6 Å². The number of hydrogen-bond donors (Lipinski definition) is 2. The van der Waals surface area contributed by atoms with E-state index in [4.69, 9.17) is 11.1 Å². The lowest BCUT2D eigenvalue weighted by molar-refractivity contribution is 1.24. The van der Waals surface area contributed by atoms with Crippen LogP contribution in [0.25, 0.3) is 10.4 Å². The summed E-state index contributed by atoms with van der Waals surface area (Å²) in [6.45, 7) is 1.98. The molecular formula is C17H15N3S. The molecule has 0 amide bonds. The lowest BCUT2D eigenvalue weighted by atomic mass is 10.1. The summed E-state index contributed by atoms with van der Waals surface area (Å²) < 4.78 is 0. The summed E-state index contributed by atoms with van der Waals surface area (Å²) >= 11 is 1.53. The highest BCUT2D eigenvalue weighted by molar-refractivity contribution is 7.17. The molecule has 3 aromatic rings. The number of nitrogens with one attached hydrogen (secondary N) is 1. The second-order valence-corrected chi connectivity index (χ2v) is 5.76. The summed E-state index contributed by atoms with van der Waals surface area (Å²) in [7, 11) is 0. The standard InChI is InChI=1S/C17H15N3S/c1-11-16(12-7-3-2-4-8-12)21-17(20-11)15(19)13-9-5-6-10-14(13)18/h2-10,19H,18H2,1H3. The molecule has 0 radical (unpaired) electrons. The average Bonchev–Trinajstić information content (AvgIpc) is 2.90. The van der Waals surface area contributed by atoms with Crippen molar-refractivity contribution in [2.24, 2.45) is 0 Å². The zero-order valence-corrected chi connectivity index (χ0v) is 12.4. The van der Waals surface area contributed by atoms with E-state index < -0.39 is 0 Å². The van der Waals surface area contributed by atoms with Crippen molar-refractivity contribution in [2.75, 3.05) is 5.73 Å². The normalized spacial score (nSPS) is 10.5. The molecule has 104 valence electrons. The highest BCUT2D eigenvalue weighted by Gasteiger charge is 2.15. The minimum Gasteiger partial charge on any atom is -0.398 e. The molecule has 0 unspecified atom stereocenters. The summed E-state index contributed by atoms with van der Waals surface area (Å²) in [5, 5.41) is 9.05. The predicted molar refractivity (Wildman–Crippen MR) is 89.1 cm³/mol. The predicted octanol–water partition coefficient (Wildman–Crippen LogP) is 4.12. The molecule has 1 aromatic heterocycles. The van der Waals surface area contributed by atoms with Crippen molar-refractivity contribution >= 4 is 22.7 Å². The lowest BCUT2D eigenvalue weighted by Crippen LogP contribution is -2.04. The van der Waals surface area contributed by atoms with Crippen LogP contribution >= 0.6 is 11.3 Å². The highest BCUT2D eigenvalue weighted by atomic mass is 32.1. The summed E-state index contributed by atoms with van der Waals surface area (Å²) in [6.07, 6.45) is 0. The number of hydrogen-bond acceptors (Lipinski definition) is 4. The van der Waals surface area contributed by atoms with Gasteiger partial charge in [0.05, 0.1) is 16.3 Å². The Morgan fingerprint density at radius 1 is 1.05 bits per heavy atom. The highest BCUT2D eigenvalue weighted by Crippen LogP contribution is 2.31. The van der Waals surface area contributed by atoms with Crippen LogP contribution in [0.5, 0.6) is 0 Å². The van der Waals surface area contributed by atoms with Gasteiger partial charge in [-0.3, -0.25) is 5.41 Å². The minimum atomic E-state index is 0.378.